The van der Waals surface area contributed by atoms with E-state index in [1.807, 2.05) is 32.0 Å². The summed E-state index contributed by atoms with van der Waals surface area (Å²) in [5.41, 5.74) is 0.915. The van der Waals surface area contributed by atoms with Gasteiger partial charge in [0.1, 0.15) is 12.1 Å². The molecule has 2 rings (SSSR count). The lowest BCUT2D eigenvalue weighted by Gasteiger charge is -2.11. The first kappa shape index (κ1) is 8.94. The molecule has 1 aromatic carbocycles. The maximum Gasteiger partial charge on any atom is 0.130 e. The average Bonchev–Trinajstić information content (AvgIpc) is 2.18. The lowest BCUT2D eigenvalue weighted by Crippen LogP contribution is -2.05. The standard InChI is InChI=1S/C11H12N2O/c1-8(2)14-11-5-3-4-10-9(11)6-12-7-13-10/h3-8H,1-2H3. The van der Waals surface area contributed by atoms with Gasteiger partial charge in [-0.25, -0.2) is 9.97 Å². The number of aromatic nitrogens is 2. The van der Waals surface area contributed by atoms with Crippen LogP contribution in [0.15, 0.2) is 30.7 Å². The SMILES string of the molecule is CC(C)Oc1cccc2ncncc12. The van der Waals surface area contributed by atoms with Crippen LogP contribution in [0.3, 0.4) is 0 Å². The molecule has 0 amide bonds. The number of nitrogens with zero attached hydrogens (tertiary/aromatic N) is 2. The fourth-order valence-electron chi connectivity index (χ4n) is 1.33. The summed E-state index contributed by atoms with van der Waals surface area (Å²) in [5, 5.41) is 0.962. The molecule has 0 N–H and O–H groups in total. The van der Waals surface area contributed by atoms with Gasteiger partial charge in [0.05, 0.1) is 17.0 Å². The van der Waals surface area contributed by atoms with Gasteiger partial charge in [-0.05, 0) is 26.0 Å². The molecule has 0 unspecified atom stereocenters. The summed E-state index contributed by atoms with van der Waals surface area (Å²) in [7, 11) is 0. The highest BCUT2D eigenvalue weighted by molar-refractivity contribution is 5.83. The summed E-state index contributed by atoms with van der Waals surface area (Å²) in [5.74, 6) is 0.845. The Kier molecular flexibility index (Phi) is 2.31. The number of hydrogen-bond acceptors (Lipinski definition) is 3. The van der Waals surface area contributed by atoms with Gasteiger partial charge in [0.25, 0.3) is 0 Å². The highest BCUT2D eigenvalue weighted by atomic mass is 16.5. The second kappa shape index (κ2) is 3.62. The lowest BCUT2D eigenvalue weighted by molar-refractivity contribution is 0.245. The van der Waals surface area contributed by atoms with Crippen LogP contribution in [0.1, 0.15) is 13.8 Å². The lowest BCUT2D eigenvalue weighted by atomic mass is 10.2. The zero-order valence-electron chi connectivity index (χ0n) is 8.27. The Morgan fingerprint density at radius 3 is 2.93 bits per heavy atom. The average molecular weight is 188 g/mol. The number of ether oxygens (including phenoxy) is 1. The minimum atomic E-state index is 0.167. The number of benzene rings is 1. The first-order valence-electron chi connectivity index (χ1n) is 4.63. The molecular formula is C11H12N2O. The Hall–Kier alpha value is -1.64. The third-order valence-electron chi connectivity index (χ3n) is 1.87. The maximum absolute atomic E-state index is 5.65. The molecule has 2 aromatic rings. The van der Waals surface area contributed by atoms with Crippen LogP contribution in [0, 0.1) is 0 Å². The molecule has 1 heterocycles. The van der Waals surface area contributed by atoms with Crippen molar-refractivity contribution in [2.45, 2.75) is 20.0 Å². The third kappa shape index (κ3) is 1.66. The van der Waals surface area contributed by atoms with Crippen molar-refractivity contribution >= 4 is 10.9 Å². The van der Waals surface area contributed by atoms with E-state index in [4.69, 9.17) is 4.74 Å². The largest absolute Gasteiger partial charge is 0.490 e. The fraction of sp³-hybridized carbons (Fsp3) is 0.273. The first-order valence-corrected chi connectivity index (χ1v) is 4.63. The molecule has 3 heteroatoms. The van der Waals surface area contributed by atoms with Gasteiger partial charge in [0.2, 0.25) is 0 Å². The summed E-state index contributed by atoms with van der Waals surface area (Å²) >= 11 is 0. The van der Waals surface area contributed by atoms with Crippen molar-refractivity contribution in [3.05, 3.63) is 30.7 Å². The summed E-state index contributed by atoms with van der Waals surface area (Å²) in [6.07, 6.45) is 3.49. The van der Waals surface area contributed by atoms with Crippen LogP contribution >= 0.6 is 0 Å². The monoisotopic (exact) mass is 188 g/mol. The van der Waals surface area contributed by atoms with Gasteiger partial charge >= 0.3 is 0 Å². The molecule has 0 aliphatic heterocycles. The molecule has 0 fully saturated rings. The van der Waals surface area contributed by atoms with Crippen molar-refractivity contribution in [3.8, 4) is 5.75 Å². The molecule has 0 aliphatic carbocycles. The van der Waals surface area contributed by atoms with Crippen molar-refractivity contribution in [1.29, 1.82) is 0 Å². The molecule has 3 nitrogen and oxygen atoms in total. The Labute approximate surface area is 82.8 Å². The summed E-state index contributed by atoms with van der Waals surface area (Å²) in [6, 6.07) is 5.82. The van der Waals surface area contributed by atoms with Crippen molar-refractivity contribution < 1.29 is 4.74 Å². The molecule has 0 atom stereocenters. The van der Waals surface area contributed by atoms with E-state index in [0.29, 0.717) is 0 Å². The Morgan fingerprint density at radius 1 is 1.29 bits per heavy atom. The molecule has 72 valence electrons. The maximum atomic E-state index is 5.65. The minimum absolute atomic E-state index is 0.167. The molecule has 0 radical (unpaired) electrons. The molecule has 0 aliphatic rings. The van der Waals surface area contributed by atoms with Gasteiger partial charge < -0.3 is 4.74 Å². The van der Waals surface area contributed by atoms with E-state index in [0.717, 1.165) is 16.7 Å². The zero-order valence-corrected chi connectivity index (χ0v) is 8.27. The highest BCUT2D eigenvalue weighted by Gasteiger charge is 2.03. The predicted molar refractivity (Wildman–Crippen MR) is 55.3 cm³/mol. The number of rotatable bonds is 2. The van der Waals surface area contributed by atoms with Gasteiger partial charge in [-0.2, -0.15) is 0 Å². The normalized spacial score (nSPS) is 10.8. The van der Waals surface area contributed by atoms with Crippen LogP contribution in [0.2, 0.25) is 0 Å². The second-order valence-corrected chi connectivity index (χ2v) is 3.38. The topological polar surface area (TPSA) is 35.0 Å². The van der Waals surface area contributed by atoms with E-state index < -0.39 is 0 Å². The fourth-order valence-corrected chi connectivity index (χ4v) is 1.33. The number of fused-ring (bicyclic) bond motifs is 1. The first-order chi connectivity index (χ1) is 6.77. The Bertz CT molecular complexity index is 435. The molecule has 0 saturated heterocycles. The Balaban J connectivity index is 2.53. The summed E-state index contributed by atoms with van der Waals surface area (Å²) < 4.78 is 5.65. The van der Waals surface area contributed by atoms with Crippen LogP contribution in [-0.4, -0.2) is 16.1 Å². The third-order valence-corrected chi connectivity index (χ3v) is 1.87. The van der Waals surface area contributed by atoms with Gasteiger partial charge in [-0.1, -0.05) is 6.07 Å². The van der Waals surface area contributed by atoms with E-state index in [-0.39, 0.29) is 6.10 Å². The molecule has 0 bridgehead atoms. The number of hydrogen-bond donors (Lipinski definition) is 0. The zero-order chi connectivity index (χ0) is 9.97. The highest BCUT2D eigenvalue weighted by Crippen LogP contribution is 2.23. The molecular weight excluding hydrogens is 176 g/mol. The van der Waals surface area contributed by atoms with Crippen LogP contribution < -0.4 is 4.74 Å². The van der Waals surface area contributed by atoms with E-state index in [1.54, 1.807) is 12.5 Å². The smallest absolute Gasteiger partial charge is 0.130 e. The second-order valence-electron chi connectivity index (χ2n) is 3.38. The van der Waals surface area contributed by atoms with Crippen LogP contribution in [-0.2, 0) is 0 Å². The van der Waals surface area contributed by atoms with Crippen molar-refractivity contribution in [2.24, 2.45) is 0 Å². The molecule has 14 heavy (non-hydrogen) atoms. The van der Waals surface area contributed by atoms with Gasteiger partial charge in [-0.3, -0.25) is 0 Å². The van der Waals surface area contributed by atoms with Crippen LogP contribution in [0.5, 0.6) is 5.75 Å². The van der Waals surface area contributed by atoms with Gasteiger partial charge in [0, 0.05) is 6.20 Å². The van der Waals surface area contributed by atoms with Crippen molar-refractivity contribution in [1.82, 2.24) is 9.97 Å². The van der Waals surface area contributed by atoms with E-state index in [9.17, 15) is 0 Å². The quantitative estimate of drug-likeness (QED) is 0.726. The van der Waals surface area contributed by atoms with Crippen LogP contribution in [0.4, 0.5) is 0 Å². The summed E-state index contributed by atoms with van der Waals surface area (Å²) in [4.78, 5) is 8.15. The van der Waals surface area contributed by atoms with Crippen LogP contribution in [0.25, 0.3) is 10.9 Å². The minimum Gasteiger partial charge on any atom is -0.490 e. The molecule has 0 spiro atoms. The van der Waals surface area contributed by atoms with Gasteiger partial charge in [-0.15, -0.1) is 0 Å². The van der Waals surface area contributed by atoms with E-state index in [1.165, 1.54) is 0 Å². The van der Waals surface area contributed by atoms with Crippen molar-refractivity contribution in [3.63, 3.8) is 0 Å². The Morgan fingerprint density at radius 2 is 2.14 bits per heavy atom. The van der Waals surface area contributed by atoms with E-state index >= 15 is 0 Å². The van der Waals surface area contributed by atoms with E-state index in [2.05, 4.69) is 9.97 Å². The molecule has 1 aromatic heterocycles. The predicted octanol–water partition coefficient (Wildman–Crippen LogP) is 2.42. The van der Waals surface area contributed by atoms with Crippen molar-refractivity contribution in [2.75, 3.05) is 0 Å². The summed E-state index contributed by atoms with van der Waals surface area (Å²) in [6.45, 7) is 4.01. The molecule has 0 saturated carbocycles. The van der Waals surface area contributed by atoms with Gasteiger partial charge in [0.15, 0.2) is 0 Å².